The van der Waals surface area contributed by atoms with E-state index in [0.29, 0.717) is 0 Å². The van der Waals surface area contributed by atoms with Crippen LogP contribution in [0.2, 0.25) is 0 Å². The lowest BCUT2D eigenvalue weighted by molar-refractivity contribution is 0.858. The van der Waals surface area contributed by atoms with Crippen LogP contribution in [-0.4, -0.2) is 18.6 Å². The molecule has 1 aliphatic carbocycles. The molecule has 1 aromatic heterocycles. The summed E-state index contributed by atoms with van der Waals surface area (Å²) in [7, 11) is 2.10. The number of pyridine rings is 1. The third-order valence-electron chi connectivity index (χ3n) is 4.00. The third kappa shape index (κ3) is 3.04. The molecule has 0 spiro atoms. The van der Waals surface area contributed by atoms with E-state index < -0.39 is 0 Å². The van der Waals surface area contributed by atoms with E-state index in [0.717, 1.165) is 23.3 Å². The Kier molecular flexibility index (Phi) is 4.06. The van der Waals surface area contributed by atoms with Crippen LogP contribution < -0.4 is 4.90 Å². The third-order valence-corrected chi connectivity index (χ3v) is 4.47. The molecule has 0 aliphatic heterocycles. The van der Waals surface area contributed by atoms with Crippen molar-refractivity contribution in [2.24, 2.45) is 0 Å². The molecule has 20 heavy (non-hydrogen) atoms. The molecule has 0 N–H and O–H groups in total. The summed E-state index contributed by atoms with van der Waals surface area (Å²) in [4.78, 5) is 6.64. The number of fused-ring (bicyclic) bond motifs is 1. The van der Waals surface area contributed by atoms with Crippen molar-refractivity contribution < 1.29 is 0 Å². The minimum atomic E-state index is 0.993. The van der Waals surface area contributed by atoms with E-state index in [-0.39, 0.29) is 0 Å². The van der Waals surface area contributed by atoms with Crippen LogP contribution in [0.4, 0.5) is 5.82 Å². The second-order valence-electron chi connectivity index (χ2n) is 5.46. The van der Waals surface area contributed by atoms with Crippen molar-refractivity contribution in [3.8, 4) is 0 Å². The van der Waals surface area contributed by atoms with Crippen LogP contribution in [0.25, 0.3) is 0 Å². The Morgan fingerprint density at radius 3 is 2.80 bits per heavy atom. The molecule has 0 fully saturated rings. The highest BCUT2D eigenvalue weighted by molar-refractivity contribution is 9.10. The Balaban J connectivity index is 1.63. The van der Waals surface area contributed by atoms with Gasteiger partial charge in [0.2, 0.25) is 0 Å². The highest BCUT2D eigenvalue weighted by Gasteiger charge is 2.11. The standard InChI is InChI=1S/C17H19BrN2/c1-20(17-8-7-16(18)12-19-17)10-9-13-5-6-14-3-2-4-15(14)11-13/h5-8,11-12H,2-4,9-10H2,1H3. The normalized spacial score (nSPS) is 13.3. The molecule has 1 aliphatic rings. The quantitative estimate of drug-likeness (QED) is 0.841. The van der Waals surface area contributed by atoms with Gasteiger partial charge in [-0.25, -0.2) is 4.98 Å². The van der Waals surface area contributed by atoms with Gasteiger partial charge in [0.1, 0.15) is 5.82 Å². The van der Waals surface area contributed by atoms with Crippen LogP contribution in [0.15, 0.2) is 41.0 Å². The number of rotatable bonds is 4. The zero-order valence-electron chi connectivity index (χ0n) is 11.8. The fourth-order valence-electron chi connectivity index (χ4n) is 2.79. The summed E-state index contributed by atoms with van der Waals surface area (Å²) in [6, 6.07) is 11.1. The molecule has 1 heterocycles. The van der Waals surface area contributed by atoms with Crippen LogP contribution in [0.1, 0.15) is 23.1 Å². The Bertz CT molecular complexity index is 592. The summed E-state index contributed by atoms with van der Waals surface area (Å²) in [5.74, 6) is 1.02. The topological polar surface area (TPSA) is 16.1 Å². The molecule has 0 saturated carbocycles. The van der Waals surface area contributed by atoms with Gasteiger partial charge < -0.3 is 4.90 Å². The Hall–Kier alpha value is -1.35. The molecular weight excluding hydrogens is 312 g/mol. The van der Waals surface area contributed by atoms with Gasteiger partial charge in [0.15, 0.2) is 0 Å². The summed E-state index contributed by atoms with van der Waals surface area (Å²) in [5.41, 5.74) is 4.55. The molecule has 2 aromatic rings. The van der Waals surface area contributed by atoms with Gasteiger partial charge in [-0.05, 0) is 70.4 Å². The average Bonchev–Trinajstić information content (AvgIpc) is 2.93. The first-order valence-electron chi connectivity index (χ1n) is 7.16. The molecule has 0 saturated heterocycles. The summed E-state index contributed by atoms with van der Waals surface area (Å²) in [6.45, 7) is 0.993. The molecule has 3 rings (SSSR count). The minimum absolute atomic E-state index is 0.993. The first-order valence-corrected chi connectivity index (χ1v) is 7.95. The Morgan fingerprint density at radius 2 is 2.00 bits per heavy atom. The minimum Gasteiger partial charge on any atom is -0.359 e. The SMILES string of the molecule is CN(CCc1ccc2c(c1)CCC2)c1ccc(Br)cn1. The number of likely N-dealkylation sites (N-methyl/N-ethyl adjacent to an activating group) is 1. The Morgan fingerprint density at radius 1 is 1.15 bits per heavy atom. The fraction of sp³-hybridized carbons (Fsp3) is 0.353. The number of hydrogen-bond donors (Lipinski definition) is 0. The van der Waals surface area contributed by atoms with Gasteiger partial charge in [-0.3, -0.25) is 0 Å². The first kappa shape index (κ1) is 13.6. The van der Waals surface area contributed by atoms with Gasteiger partial charge in [-0.1, -0.05) is 18.2 Å². The van der Waals surface area contributed by atoms with E-state index in [9.17, 15) is 0 Å². The maximum Gasteiger partial charge on any atom is 0.128 e. The maximum absolute atomic E-state index is 4.43. The van der Waals surface area contributed by atoms with Crippen LogP contribution in [-0.2, 0) is 19.3 Å². The van der Waals surface area contributed by atoms with E-state index in [1.165, 1.54) is 24.8 Å². The lowest BCUT2D eigenvalue weighted by Crippen LogP contribution is -2.21. The number of nitrogens with zero attached hydrogens (tertiary/aromatic N) is 2. The number of hydrogen-bond acceptors (Lipinski definition) is 2. The van der Waals surface area contributed by atoms with Crippen molar-refractivity contribution in [1.29, 1.82) is 0 Å². The average molecular weight is 331 g/mol. The van der Waals surface area contributed by atoms with Gasteiger partial charge in [-0.15, -0.1) is 0 Å². The van der Waals surface area contributed by atoms with Crippen LogP contribution in [0.5, 0.6) is 0 Å². The van der Waals surface area contributed by atoms with Crippen molar-refractivity contribution >= 4 is 21.7 Å². The number of benzene rings is 1. The molecule has 0 amide bonds. The molecular formula is C17H19BrN2. The lowest BCUT2D eigenvalue weighted by atomic mass is 10.0. The zero-order chi connectivity index (χ0) is 13.9. The molecule has 1 aromatic carbocycles. The summed E-state index contributed by atoms with van der Waals surface area (Å²) < 4.78 is 1.02. The number of halogens is 1. The molecule has 104 valence electrons. The van der Waals surface area contributed by atoms with Crippen molar-refractivity contribution in [1.82, 2.24) is 4.98 Å². The lowest BCUT2D eigenvalue weighted by Gasteiger charge is -2.18. The van der Waals surface area contributed by atoms with E-state index in [1.807, 2.05) is 18.3 Å². The molecule has 0 radical (unpaired) electrons. The highest BCUT2D eigenvalue weighted by atomic mass is 79.9. The van der Waals surface area contributed by atoms with E-state index in [2.05, 4.69) is 51.1 Å². The fourth-order valence-corrected chi connectivity index (χ4v) is 3.02. The predicted octanol–water partition coefficient (Wildman–Crippen LogP) is 4.01. The van der Waals surface area contributed by atoms with Crippen molar-refractivity contribution in [3.05, 3.63) is 57.7 Å². The number of aryl methyl sites for hydroxylation is 2. The second-order valence-corrected chi connectivity index (χ2v) is 6.38. The molecule has 0 bridgehead atoms. The van der Waals surface area contributed by atoms with Gasteiger partial charge >= 0.3 is 0 Å². The highest BCUT2D eigenvalue weighted by Crippen LogP contribution is 2.23. The molecule has 2 nitrogen and oxygen atoms in total. The van der Waals surface area contributed by atoms with Crippen molar-refractivity contribution in [3.63, 3.8) is 0 Å². The van der Waals surface area contributed by atoms with Gasteiger partial charge in [0.25, 0.3) is 0 Å². The van der Waals surface area contributed by atoms with E-state index in [1.54, 1.807) is 11.1 Å². The van der Waals surface area contributed by atoms with Crippen LogP contribution >= 0.6 is 15.9 Å². The van der Waals surface area contributed by atoms with Crippen LogP contribution in [0.3, 0.4) is 0 Å². The monoisotopic (exact) mass is 330 g/mol. The second kappa shape index (κ2) is 5.96. The predicted molar refractivity (Wildman–Crippen MR) is 87.4 cm³/mol. The summed E-state index contributed by atoms with van der Waals surface area (Å²) in [5, 5.41) is 0. The zero-order valence-corrected chi connectivity index (χ0v) is 13.4. The maximum atomic E-state index is 4.43. The van der Waals surface area contributed by atoms with Gasteiger partial charge in [-0.2, -0.15) is 0 Å². The smallest absolute Gasteiger partial charge is 0.128 e. The largest absolute Gasteiger partial charge is 0.359 e. The first-order chi connectivity index (χ1) is 9.72. The van der Waals surface area contributed by atoms with Crippen molar-refractivity contribution in [2.75, 3.05) is 18.5 Å². The number of anilines is 1. The molecule has 0 atom stereocenters. The van der Waals surface area contributed by atoms with Crippen molar-refractivity contribution in [2.45, 2.75) is 25.7 Å². The van der Waals surface area contributed by atoms with E-state index in [4.69, 9.17) is 0 Å². The van der Waals surface area contributed by atoms with Gasteiger partial charge in [0.05, 0.1) is 0 Å². The van der Waals surface area contributed by atoms with E-state index >= 15 is 0 Å². The molecule has 0 unspecified atom stereocenters. The summed E-state index contributed by atoms with van der Waals surface area (Å²) in [6.07, 6.45) is 6.76. The number of aromatic nitrogens is 1. The Labute approximate surface area is 129 Å². The van der Waals surface area contributed by atoms with Crippen LogP contribution in [0, 0.1) is 0 Å². The van der Waals surface area contributed by atoms with Gasteiger partial charge in [0, 0.05) is 24.3 Å². The molecule has 3 heteroatoms. The summed E-state index contributed by atoms with van der Waals surface area (Å²) >= 11 is 3.42.